The van der Waals surface area contributed by atoms with Crippen LogP contribution in [0.1, 0.15) is 31.2 Å². The van der Waals surface area contributed by atoms with Gasteiger partial charge in [-0.3, -0.25) is 4.79 Å². The summed E-state index contributed by atoms with van der Waals surface area (Å²) in [7, 11) is 0. The van der Waals surface area contributed by atoms with Crippen molar-refractivity contribution in [1.82, 2.24) is 15.3 Å². The number of imidazole rings is 1. The second kappa shape index (κ2) is 5.90. The number of rotatable bonds is 3. The number of nitrogens with one attached hydrogen (secondary N) is 3. The average Bonchev–Trinajstić information content (AvgIpc) is 3.12. The van der Waals surface area contributed by atoms with Gasteiger partial charge in [-0.25, -0.2) is 4.79 Å². The lowest BCUT2D eigenvalue weighted by Gasteiger charge is -2.10. The van der Waals surface area contributed by atoms with Crippen LogP contribution < -0.4 is 11.0 Å². The van der Waals surface area contributed by atoms with Gasteiger partial charge in [-0.15, -0.1) is 0 Å². The molecule has 0 saturated heterocycles. The molecule has 6 heteroatoms. The molecule has 1 aromatic carbocycles. The van der Waals surface area contributed by atoms with Gasteiger partial charge in [0, 0.05) is 6.04 Å². The van der Waals surface area contributed by atoms with Crippen molar-refractivity contribution in [1.29, 1.82) is 5.26 Å². The molecular weight excluding hydrogens is 280 g/mol. The van der Waals surface area contributed by atoms with Crippen molar-refractivity contribution in [3.8, 4) is 6.07 Å². The fourth-order valence-electron chi connectivity index (χ4n) is 2.79. The van der Waals surface area contributed by atoms with Gasteiger partial charge >= 0.3 is 5.69 Å². The predicted octanol–water partition coefficient (Wildman–Crippen LogP) is 1.82. The average molecular weight is 296 g/mol. The number of benzene rings is 1. The molecule has 0 spiro atoms. The van der Waals surface area contributed by atoms with Gasteiger partial charge in [0.25, 0.3) is 5.91 Å². The molecule has 1 aliphatic carbocycles. The fourth-order valence-corrected chi connectivity index (χ4v) is 2.79. The van der Waals surface area contributed by atoms with Gasteiger partial charge in [0.1, 0.15) is 11.6 Å². The van der Waals surface area contributed by atoms with Crippen LogP contribution in [0.5, 0.6) is 0 Å². The van der Waals surface area contributed by atoms with Crippen LogP contribution in [0.4, 0.5) is 0 Å². The van der Waals surface area contributed by atoms with E-state index in [9.17, 15) is 14.9 Å². The van der Waals surface area contributed by atoms with E-state index in [1.54, 1.807) is 18.2 Å². The van der Waals surface area contributed by atoms with E-state index in [1.165, 1.54) is 6.08 Å². The first kappa shape index (κ1) is 14.1. The second-order valence-corrected chi connectivity index (χ2v) is 5.51. The molecule has 3 N–H and O–H groups in total. The Morgan fingerprint density at radius 1 is 1.27 bits per heavy atom. The normalized spacial score (nSPS) is 15.9. The third-order valence-electron chi connectivity index (χ3n) is 3.91. The van der Waals surface area contributed by atoms with Crippen molar-refractivity contribution in [3.63, 3.8) is 0 Å². The van der Waals surface area contributed by atoms with E-state index in [-0.39, 0.29) is 23.2 Å². The number of carbonyl (C=O) groups excluding carboxylic acids is 1. The molecule has 0 unspecified atom stereocenters. The maximum Gasteiger partial charge on any atom is 0.323 e. The highest BCUT2D eigenvalue weighted by Crippen LogP contribution is 2.18. The molecule has 112 valence electrons. The summed E-state index contributed by atoms with van der Waals surface area (Å²) >= 11 is 0. The fraction of sp³-hybridized carbons (Fsp3) is 0.312. The molecule has 0 radical (unpaired) electrons. The van der Waals surface area contributed by atoms with Crippen LogP contribution in [0.15, 0.2) is 28.6 Å². The summed E-state index contributed by atoms with van der Waals surface area (Å²) in [5.74, 6) is -0.336. The highest BCUT2D eigenvalue weighted by molar-refractivity contribution is 6.02. The minimum absolute atomic E-state index is 0.0733. The third kappa shape index (κ3) is 2.93. The molecule has 0 aliphatic heterocycles. The van der Waals surface area contributed by atoms with E-state index in [0.29, 0.717) is 16.6 Å². The smallest absolute Gasteiger partial charge is 0.323 e. The lowest BCUT2D eigenvalue weighted by atomic mass is 10.1. The van der Waals surface area contributed by atoms with Gasteiger partial charge in [-0.05, 0) is 36.6 Å². The number of hydrogen-bond acceptors (Lipinski definition) is 3. The van der Waals surface area contributed by atoms with Crippen molar-refractivity contribution in [2.24, 2.45) is 0 Å². The first-order valence-electron chi connectivity index (χ1n) is 7.30. The number of hydrogen-bond donors (Lipinski definition) is 3. The minimum Gasteiger partial charge on any atom is -0.349 e. The lowest BCUT2D eigenvalue weighted by molar-refractivity contribution is -0.117. The molecule has 22 heavy (non-hydrogen) atoms. The number of H-pyrrole nitrogens is 2. The van der Waals surface area contributed by atoms with Crippen LogP contribution in [0, 0.1) is 11.3 Å². The number of carbonyl (C=O) groups is 1. The van der Waals surface area contributed by atoms with E-state index >= 15 is 0 Å². The standard InChI is InChI=1S/C16H16N4O2/c17-9-11(15(21)18-12-3-1-2-4-12)7-10-5-6-13-14(8-10)20-16(22)19-13/h5-8,12H,1-4H2,(H,18,21)(H2,19,20,22). The second-order valence-electron chi connectivity index (χ2n) is 5.51. The van der Waals surface area contributed by atoms with Crippen LogP contribution in [-0.4, -0.2) is 21.9 Å². The topological polar surface area (TPSA) is 102 Å². The minimum atomic E-state index is -0.336. The van der Waals surface area contributed by atoms with Gasteiger partial charge in [0.2, 0.25) is 0 Å². The number of nitrogens with zero attached hydrogens (tertiary/aromatic N) is 1. The molecule has 1 aromatic heterocycles. The summed E-state index contributed by atoms with van der Waals surface area (Å²) in [4.78, 5) is 28.7. The maximum absolute atomic E-state index is 12.1. The Morgan fingerprint density at radius 3 is 2.73 bits per heavy atom. The molecule has 1 saturated carbocycles. The molecule has 3 rings (SSSR count). The molecule has 0 atom stereocenters. The summed E-state index contributed by atoms with van der Waals surface area (Å²) in [6, 6.07) is 7.35. The largest absolute Gasteiger partial charge is 0.349 e. The van der Waals surface area contributed by atoms with Crippen molar-refractivity contribution < 1.29 is 4.79 Å². The number of fused-ring (bicyclic) bond motifs is 1. The van der Waals surface area contributed by atoms with Crippen LogP contribution in [0.3, 0.4) is 0 Å². The molecule has 2 aromatic rings. The van der Waals surface area contributed by atoms with Crippen LogP contribution in [-0.2, 0) is 4.79 Å². The van der Waals surface area contributed by atoms with Gasteiger partial charge < -0.3 is 15.3 Å². The summed E-state index contributed by atoms with van der Waals surface area (Å²) in [6.45, 7) is 0. The highest BCUT2D eigenvalue weighted by Gasteiger charge is 2.19. The zero-order chi connectivity index (χ0) is 15.5. The number of amides is 1. The van der Waals surface area contributed by atoms with Crippen molar-refractivity contribution in [2.75, 3.05) is 0 Å². The Balaban J connectivity index is 1.83. The van der Waals surface area contributed by atoms with Gasteiger partial charge in [-0.2, -0.15) is 5.26 Å². The Labute approximate surface area is 126 Å². The van der Waals surface area contributed by atoms with Crippen LogP contribution in [0.25, 0.3) is 17.1 Å². The molecule has 1 aliphatic rings. The third-order valence-corrected chi connectivity index (χ3v) is 3.91. The molecule has 1 amide bonds. The van der Waals surface area contributed by atoms with Gasteiger partial charge in [-0.1, -0.05) is 18.9 Å². The van der Waals surface area contributed by atoms with Crippen molar-refractivity contribution >= 4 is 23.0 Å². The van der Waals surface area contributed by atoms with E-state index in [0.717, 1.165) is 25.7 Å². The first-order chi connectivity index (χ1) is 10.7. The summed E-state index contributed by atoms with van der Waals surface area (Å²) in [6.07, 6.45) is 5.72. The first-order valence-corrected chi connectivity index (χ1v) is 7.30. The van der Waals surface area contributed by atoms with Crippen LogP contribution >= 0.6 is 0 Å². The van der Waals surface area contributed by atoms with Gasteiger partial charge in [0.05, 0.1) is 11.0 Å². The number of aromatic nitrogens is 2. The highest BCUT2D eigenvalue weighted by atomic mass is 16.2. The van der Waals surface area contributed by atoms with E-state index in [2.05, 4.69) is 15.3 Å². The zero-order valence-corrected chi connectivity index (χ0v) is 12.0. The maximum atomic E-state index is 12.1. The molecule has 1 heterocycles. The van der Waals surface area contributed by atoms with E-state index in [1.807, 2.05) is 6.07 Å². The Bertz CT molecular complexity index is 832. The summed E-state index contributed by atoms with van der Waals surface area (Å²) in [5, 5.41) is 12.1. The number of aromatic amines is 2. The molecule has 0 bridgehead atoms. The zero-order valence-electron chi connectivity index (χ0n) is 12.0. The summed E-state index contributed by atoms with van der Waals surface area (Å²) in [5.41, 5.74) is 1.82. The van der Waals surface area contributed by atoms with E-state index < -0.39 is 0 Å². The Morgan fingerprint density at radius 2 is 2.00 bits per heavy atom. The monoisotopic (exact) mass is 296 g/mol. The quantitative estimate of drug-likeness (QED) is 0.594. The predicted molar refractivity (Wildman–Crippen MR) is 82.9 cm³/mol. The SMILES string of the molecule is N#CC(=Cc1ccc2[nH]c(=O)[nH]c2c1)C(=O)NC1CCCC1. The lowest BCUT2D eigenvalue weighted by Crippen LogP contribution is -2.33. The summed E-state index contributed by atoms with van der Waals surface area (Å²) < 4.78 is 0. The molecule has 6 nitrogen and oxygen atoms in total. The number of nitriles is 1. The van der Waals surface area contributed by atoms with Crippen molar-refractivity contribution in [3.05, 3.63) is 39.8 Å². The van der Waals surface area contributed by atoms with E-state index in [4.69, 9.17) is 0 Å². The van der Waals surface area contributed by atoms with Crippen LogP contribution in [0.2, 0.25) is 0 Å². The molecule has 1 fully saturated rings. The van der Waals surface area contributed by atoms with Gasteiger partial charge in [0.15, 0.2) is 0 Å². The molecular formula is C16H16N4O2. The Hall–Kier alpha value is -2.81. The van der Waals surface area contributed by atoms with Crippen molar-refractivity contribution in [2.45, 2.75) is 31.7 Å². The Kier molecular flexibility index (Phi) is 3.79.